The summed E-state index contributed by atoms with van der Waals surface area (Å²) in [6.45, 7) is 5.44. The van der Waals surface area contributed by atoms with Gasteiger partial charge in [0.05, 0.1) is 17.8 Å². The van der Waals surface area contributed by atoms with E-state index in [4.69, 9.17) is 4.52 Å². The molecule has 1 atom stereocenters. The Morgan fingerprint density at radius 1 is 1.53 bits per heavy atom. The summed E-state index contributed by atoms with van der Waals surface area (Å²) in [4.78, 5) is 12.0. The number of rotatable bonds is 3. The van der Waals surface area contributed by atoms with Crippen LogP contribution in [0.1, 0.15) is 29.9 Å². The van der Waals surface area contributed by atoms with Crippen LogP contribution in [-0.4, -0.2) is 20.7 Å². The van der Waals surface area contributed by atoms with Crippen LogP contribution in [0.15, 0.2) is 10.7 Å². The molecule has 2 heterocycles. The lowest BCUT2D eigenvalue weighted by atomic mass is 9.99. The van der Waals surface area contributed by atoms with E-state index in [-0.39, 0.29) is 11.8 Å². The highest BCUT2D eigenvalue weighted by Crippen LogP contribution is 2.24. The first-order valence-corrected chi connectivity index (χ1v) is 5.88. The fourth-order valence-electron chi connectivity index (χ4n) is 1.69. The van der Waals surface area contributed by atoms with Crippen molar-refractivity contribution in [3.8, 4) is 0 Å². The van der Waals surface area contributed by atoms with E-state index in [9.17, 15) is 4.79 Å². The Bertz CT molecular complexity index is 501. The molecule has 2 aromatic rings. The number of nitrogens with zero attached hydrogens (tertiary/aromatic N) is 3. The smallest absolute Gasteiger partial charge is 0.232 e. The zero-order valence-electron chi connectivity index (χ0n) is 9.72. The largest absolute Gasteiger partial charge is 0.361 e. The maximum Gasteiger partial charge on any atom is 0.232 e. The van der Waals surface area contributed by atoms with Crippen LogP contribution in [-0.2, 0) is 4.79 Å². The molecule has 2 rings (SSSR count). The number of hydrogen-bond donors (Lipinski definition) is 1. The zero-order chi connectivity index (χ0) is 12.4. The van der Waals surface area contributed by atoms with Crippen LogP contribution in [0.2, 0.25) is 0 Å². The van der Waals surface area contributed by atoms with Crippen molar-refractivity contribution in [3.05, 3.63) is 23.2 Å². The van der Waals surface area contributed by atoms with Crippen molar-refractivity contribution < 1.29 is 9.32 Å². The number of anilines is 1. The molecule has 0 aliphatic carbocycles. The number of aromatic nitrogens is 3. The van der Waals surface area contributed by atoms with Crippen molar-refractivity contribution in [1.82, 2.24) is 14.7 Å². The predicted molar refractivity (Wildman–Crippen MR) is 62.9 cm³/mol. The van der Waals surface area contributed by atoms with E-state index in [0.29, 0.717) is 10.8 Å². The molecule has 1 N–H and O–H groups in total. The molecule has 0 saturated heterocycles. The van der Waals surface area contributed by atoms with Crippen LogP contribution < -0.4 is 5.32 Å². The molecule has 1 amide bonds. The average Bonchev–Trinajstić information content (AvgIpc) is 2.89. The van der Waals surface area contributed by atoms with Gasteiger partial charge in [0.2, 0.25) is 5.91 Å². The summed E-state index contributed by atoms with van der Waals surface area (Å²) < 4.78 is 8.73. The van der Waals surface area contributed by atoms with E-state index in [1.165, 1.54) is 6.20 Å². The van der Waals surface area contributed by atoms with Gasteiger partial charge in [0.25, 0.3) is 0 Å². The minimum atomic E-state index is -0.316. The molecule has 0 aliphatic rings. The summed E-state index contributed by atoms with van der Waals surface area (Å²) in [5, 5.41) is 10.9. The van der Waals surface area contributed by atoms with Gasteiger partial charge in [-0.15, -0.1) is 5.10 Å². The topological polar surface area (TPSA) is 80.9 Å². The average molecular weight is 252 g/mol. The molecule has 0 fully saturated rings. The quantitative estimate of drug-likeness (QED) is 0.902. The highest BCUT2D eigenvalue weighted by molar-refractivity contribution is 7.10. The molecule has 0 spiro atoms. The second-order valence-electron chi connectivity index (χ2n) is 3.73. The lowest BCUT2D eigenvalue weighted by Crippen LogP contribution is -2.19. The van der Waals surface area contributed by atoms with Gasteiger partial charge in [-0.25, -0.2) is 0 Å². The van der Waals surface area contributed by atoms with Gasteiger partial charge in [-0.2, -0.15) is 0 Å². The van der Waals surface area contributed by atoms with Gasteiger partial charge in [-0.05, 0) is 20.8 Å². The van der Waals surface area contributed by atoms with Crippen molar-refractivity contribution >= 4 is 22.4 Å². The molecule has 90 valence electrons. The Hall–Kier alpha value is -1.76. The Labute approximate surface area is 102 Å². The molecule has 6 nitrogen and oxygen atoms in total. The van der Waals surface area contributed by atoms with Crippen molar-refractivity contribution in [2.45, 2.75) is 26.7 Å². The van der Waals surface area contributed by atoms with E-state index in [2.05, 4.69) is 20.1 Å². The van der Waals surface area contributed by atoms with Crippen LogP contribution in [0.3, 0.4) is 0 Å². The monoisotopic (exact) mass is 252 g/mol. The second kappa shape index (κ2) is 4.62. The maximum absolute atomic E-state index is 12.0. The maximum atomic E-state index is 12.0. The first-order valence-electron chi connectivity index (χ1n) is 5.10. The van der Waals surface area contributed by atoms with Gasteiger partial charge in [-0.1, -0.05) is 9.64 Å². The summed E-state index contributed by atoms with van der Waals surface area (Å²) in [7, 11) is 0. The highest BCUT2D eigenvalue weighted by atomic mass is 32.1. The van der Waals surface area contributed by atoms with E-state index < -0.39 is 0 Å². The Morgan fingerprint density at radius 3 is 2.82 bits per heavy atom. The third kappa shape index (κ3) is 2.33. The number of nitrogens with one attached hydrogen (secondary N) is 1. The van der Waals surface area contributed by atoms with Crippen LogP contribution in [0.25, 0.3) is 0 Å². The summed E-state index contributed by atoms with van der Waals surface area (Å²) in [5.41, 5.74) is 1.58. The molecular weight excluding hydrogens is 240 g/mol. The van der Waals surface area contributed by atoms with Crippen molar-refractivity contribution in [1.29, 1.82) is 0 Å². The standard InChI is InChI=1S/C10H12N4O2S/c1-5(9-6(2)13-16-7(9)3)10(15)12-8-4-11-14-17-8/h4-5H,1-3H3,(H,12,15)/t5-/m0/s1. The molecule has 7 heteroatoms. The summed E-state index contributed by atoms with van der Waals surface area (Å²) in [6, 6.07) is 0. The first-order chi connectivity index (χ1) is 8.09. The van der Waals surface area contributed by atoms with E-state index >= 15 is 0 Å². The van der Waals surface area contributed by atoms with Crippen molar-refractivity contribution in [2.75, 3.05) is 5.32 Å². The van der Waals surface area contributed by atoms with Crippen LogP contribution in [0.5, 0.6) is 0 Å². The Kier molecular flexibility index (Phi) is 3.19. The molecule has 2 aromatic heterocycles. The normalized spacial score (nSPS) is 12.4. The van der Waals surface area contributed by atoms with Gasteiger partial charge >= 0.3 is 0 Å². The second-order valence-corrected chi connectivity index (χ2v) is 4.52. The van der Waals surface area contributed by atoms with Crippen LogP contribution in [0.4, 0.5) is 5.00 Å². The number of carbonyl (C=O) groups excluding carboxylic acids is 1. The summed E-state index contributed by atoms with van der Waals surface area (Å²) in [5.74, 6) is 0.237. The minimum Gasteiger partial charge on any atom is -0.361 e. The van der Waals surface area contributed by atoms with Gasteiger partial charge in [0.15, 0.2) is 0 Å². The van der Waals surface area contributed by atoms with Crippen LogP contribution in [0, 0.1) is 13.8 Å². The zero-order valence-corrected chi connectivity index (χ0v) is 10.5. The molecule has 0 saturated carbocycles. The first kappa shape index (κ1) is 11.7. The third-order valence-corrected chi connectivity index (χ3v) is 3.10. The lowest BCUT2D eigenvalue weighted by Gasteiger charge is -2.09. The van der Waals surface area contributed by atoms with E-state index in [1.54, 1.807) is 6.92 Å². The van der Waals surface area contributed by atoms with Gasteiger partial charge in [0.1, 0.15) is 10.8 Å². The number of hydrogen-bond acceptors (Lipinski definition) is 6. The predicted octanol–water partition coefficient (Wildman–Crippen LogP) is 1.89. The molecule has 0 bridgehead atoms. The summed E-state index contributed by atoms with van der Waals surface area (Å²) in [6.07, 6.45) is 1.52. The third-order valence-electron chi connectivity index (χ3n) is 2.52. The molecule has 17 heavy (non-hydrogen) atoms. The van der Waals surface area contributed by atoms with Gasteiger partial charge in [-0.3, -0.25) is 4.79 Å². The minimum absolute atomic E-state index is 0.120. The number of carbonyl (C=O) groups is 1. The molecule has 0 radical (unpaired) electrons. The number of amides is 1. The lowest BCUT2D eigenvalue weighted by molar-refractivity contribution is -0.117. The van der Waals surface area contributed by atoms with Crippen molar-refractivity contribution in [2.24, 2.45) is 0 Å². The fourth-order valence-corrected chi connectivity index (χ4v) is 2.11. The SMILES string of the molecule is Cc1noc(C)c1[C@H](C)C(=O)Nc1cnns1. The molecule has 0 aromatic carbocycles. The fraction of sp³-hybridized carbons (Fsp3) is 0.400. The van der Waals surface area contributed by atoms with E-state index in [0.717, 1.165) is 22.8 Å². The molecule has 0 unspecified atom stereocenters. The molecular formula is C10H12N4O2S. The molecule has 0 aliphatic heterocycles. The Morgan fingerprint density at radius 2 is 2.29 bits per heavy atom. The number of aryl methyl sites for hydroxylation is 2. The van der Waals surface area contributed by atoms with Crippen molar-refractivity contribution in [3.63, 3.8) is 0 Å². The van der Waals surface area contributed by atoms with Gasteiger partial charge in [0, 0.05) is 17.1 Å². The highest BCUT2D eigenvalue weighted by Gasteiger charge is 2.23. The Balaban J connectivity index is 2.15. The summed E-state index contributed by atoms with van der Waals surface area (Å²) >= 11 is 1.14. The van der Waals surface area contributed by atoms with Crippen LogP contribution >= 0.6 is 11.5 Å². The van der Waals surface area contributed by atoms with E-state index in [1.807, 2.05) is 13.8 Å². The van der Waals surface area contributed by atoms with Gasteiger partial charge < -0.3 is 9.84 Å².